The minimum absolute atomic E-state index is 0.0353. The van der Waals surface area contributed by atoms with Crippen LogP contribution >= 0.6 is 0 Å². The van der Waals surface area contributed by atoms with Crippen molar-refractivity contribution in [1.82, 2.24) is 25.1 Å². The summed E-state index contributed by atoms with van der Waals surface area (Å²) in [5.41, 5.74) is 0.631. The van der Waals surface area contributed by atoms with Crippen LogP contribution in [0.2, 0.25) is 0 Å². The van der Waals surface area contributed by atoms with Gasteiger partial charge in [-0.15, -0.1) is 0 Å². The Kier molecular flexibility index (Phi) is 3.20. The maximum atomic E-state index is 12.1. The number of anilines is 1. The molecule has 2 aromatic rings. The predicted octanol–water partition coefficient (Wildman–Crippen LogP) is 0.353. The number of amides is 1. The van der Waals surface area contributed by atoms with Crippen molar-refractivity contribution in [3.05, 3.63) is 31.0 Å². The van der Waals surface area contributed by atoms with Crippen molar-refractivity contribution in [3.63, 3.8) is 0 Å². The summed E-state index contributed by atoms with van der Waals surface area (Å²) in [6, 6.07) is 3.46. The van der Waals surface area contributed by atoms with Crippen LogP contribution in [0.4, 0.5) is 5.69 Å². The zero-order valence-corrected chi connectivity index (χ0v) is 10.3. The zero-order valence-electron chi connectivity index (χ0n) is 10.3. The minimum Gasteiger partial charge on any atom is -0.322 e. The summed E-state index contributed by atoms with van der Waals surface area (Å²) < 4.78 is 1.53. The normalized spacial score (nSPS) is 18.4. The van der Waals surface area contributed by atoms with E-state index in [0.29, 0.717) is 11.5 Å². The molecule has 0 aliphatic carbocycles. The van der Waals surface area contributed by atoms with Crippen LogP contribution in [0.5, 0.6) is 0 Å². The van der Waals surface area contributed by atoms with Crippen molar-refractivity contribution < 1.29 is 4.79 Å². The number of hydrogen-bond donors (Lipinski definition) is 2. The van der Waals surface area contributed by atoms with Crippen molar-refractivity contribution >= 4 is 11.6 Å². The molecular weight excluding hydrogens is 244 g/mol. The van der Waals surface area contributed by atoms with Crippen molar-refractivity contribution in [2.24, 2.45) is 0 Å². The lowest BCUT2D eigenvalue weighted by atomic mass is 10.2. The Hall–Kier alpha value is -2.28. The first kappa shape index (κ1) is 11.8. The molecule has 1 atom stereocenters. The Morgan fingerprint density at radius 3 is 3.21 bits per heavy atom. The van der Waals surface area contributed by atoms with E-state index in [2.05, 4.69) is 25.7 Å². The number of carbonyl (C=O) groups excluding carboxylic acids is 1. The number of nitrogens with one attached hydrogen (secondary N) is 2. The van der Waals surface area contributed by atoms with Crippen molar-refractivity contribution in [1.29, 1.82) is 0 Å². The number of hydrogen-bond acceptors (Lipinski definition) is 5. The maximum absolute atomic E-state index is 12.1. The fourth-order valence-corrected chi connectivity index (χ4v) is 2.12. The standard InChI is InChI=1S/C12H14N6O/c19-12(10-4-2-5-14-10)17-9-3-1-6-15-11(9)18-8-13-7-16-18/h1,3,6-8,10,14H,2,4-5H2,(H,17,19)/t10-/m0/s1. The van der Waals surface area contributed by atoms with Gasteiger partial charge in [-0.3, -0.25) is 4.79 Å². The van der Waals surface area contributed by atoms with E-state index in [9.17, 15) is 4.79 Å². The lowest BCUT2D eigenvalue weighted by Gasteiger charge is -2.13. The molecule has 3 heterocycles. The second-order valence-electron chi connectivity index (χ2n) is 4.35. The summed E-state index contributed by atoms with van der Waals surface area (Å²) in [5, 5.41) is 10.1. The lowest BCUT2D eigenvalue weighted by molar-refractivity contribution is -0.117. The Bertz CT molecular complexity index is 561. The van der Waals surface area contributed by atoms with Crippen LogP contribution in [0.1, 0.15) is 12.8 Å². The number of rotatable bonds is 3. The van der Waals surface area contributed by atoms with Gasteiger partial charge in [0.25, 0.3) is 0 Å². The third-order valence-corrected chi connectivity index (χ3v) is 3.06. The molecule has 0 spiro atoms. The second-order valence-corrected chi connectivity index (χ2v) is 4.35. The van der Waals surface area contributed by atoms with Gasteiger partial charge in [0.1, 0.15) is 12.7 Å². The molecule has 19 heavy (non-hydrogen) atoms. The highest BCUT2D eigenvalue weighted by atomic mass is 16.2. The summed E-state index contributed by atoms with van der Waals surface area (Å²) in [4.78, 5) is 20.2. The van der Waals surface area contributed by atoms with Crippen LogP contribution in [-0.2, 0) is 4.79 Å². The van der Waals surface area contributed by atoms with Gasteiger partial charge in [-0.1, -0.05) is 0 Å². The molecule has 0 saturated carbocycles. The van der Waals surface area contributed by atoms with E-state index < -0.39 is 0 Å². The molecule has 7 heteroatoms. The number of aromatic nitrogens is 4. The van der Waals surface area contributed by atoms with Gasteiger partial charge in [0, 0.05) is 6.20 Å². The van der Waals surface area contributed by atoms with Crippen LogP contribution in [-0.4, -0.2) is 38.2 Å². The molecule has 7 nitrogen and oxygen atoms in total. The van der Waals surface area contributed by atoms with Gasteiger partial charge in [-0.25, -0.2) is 14.6 Å². The molecule has 2 N–H and O–H groups in total. The fraction of sp³-hybridized carbons (Fsp3) is 0.333. The van der Waals surface area contributed by atoms with Crippen LogP contribution in [0.25, 0.3) is 5.82 Å². The van der Waals surface area contributed by atoms with Gasteiger partial charge in [-0.05, 0) is 31.5 Å². The van der Waals surface area contributed by atoms with E-state index in [1.807, 2.05) is 0 Å². The van der Waals surface area contributed by atoms with Gasteiger partial charge in [0.05, 0.1) is 11.7 Å². The molecule has 98 valence electrons. The van der Waals surface area contributed by atoms with Gasteiger partial charge in [0.15, 0.2) is 5.82 Å². The first-order valence-corrected chi connectivity index (χ1v) is 6.19. The molecule has 1 fully saturated rings. The highest BCUT2D eigenvalue weighted by molar-refractivity contribution is 5.96. The molecule has 0 bridgehead atoms. The Morgan fingerprint density at radius 1 is 1.53 bits per heavy atom. The largest absolute Gasteiger partial charge is 0.322 e. The van der Waals surface area contributed by atoms with Gasteiger partial charge in [-0.2, -0.15) is 5.10 Å². The predicted molar refractivity (Wildman–Crippen MR) is 68.8 cm³/mol. The SMILES string of the molecule is O=C(Nc1cccnc1-n1cncn1)[C@@H]1CCCN1. The first-order chi connectivity index (χ1) is 9.34. The third kappa shape index (κ3) is 2.45. The van der Waals surface area contributed by atoms with Crippen LogP contribution in [0.15, 0.2) is 31.0 Å². The first-order valence-electron chi connectivity index (χ1n) is 6.19. The van der Waals surface area contributed by atoms with E-state index in [1.54, 1.807) is 24.7 Å². The van der Waals surface area contributed by atoms with Crippen LogP contribution in [0, 0.1) is 0 Å². The molecule has 0 unspecified atom stereocenters. The number of pyridine rings is 1. The summed E-state index contributed by atoms with van der Waals surface area (Å²) in [5.74, 6) is 0.526. The smallest absolute Gasteiger partial charge is 0.241 e. The van der Waals surface area contributed by atoms with E-state index >= 15 is 0 Å². The molecule has 1 saturated heterocycles. The summed E-state index contributed by atoms with van der Waals surface area (Å²) in [6.45, 7) is 0.890. The molecule has 1 aliphatic heterocycles. The Balaban J connectivity index is 1.83. The van der Waals surface area contributed by atoms with E-state index in [1.165, 1.54) is 11.0 Å². The monoisotopic (exact) mass is 258 g/mol. The molecule has 0 radical (unpaired) electrons. The molecular formula is C12H14N6O. The number of nitrogens with zero attached hydrogens (tertiary/aromatic N) is 4. The Morgan fingerprint density at radius 2 is 2.47 bits per heavy atom. The number of carbonyl (C=O) groups is 1. The second kappa shape index (κ2) is 5.15. The topological polar surface area (TPSA) is 84.7 Å². The lowest BCUT2D eigenvalue weighted by Crippen LogP contribution is -2.35. The van der Waals surface area contributed by atoms with Gasteiger partial charge in [0.2, 0.25) is 5.91 Å². The average molecular weight is 258 g/mol. The fourth-order valence-electron chi connectivity index (χ4n) is 2.12. The zero-order chi connectivity index (χ0) is 13.1. The highest BCUT2D eigenvalue weighted by Crippen LogP contribution is 2.17. The van der Waals surface area contributed by atoms with Crippen LogP contribution < -0.4 is 10.6 Å². The quantitative estimate of drug-likeness (QED) is 0.830. The van der Waals surface area contributed by atoms with E-state index in [4.69, 9.17) is 0 Å². The average Bonchev–Trinajstić information content (AvgIpc) is 3.13. The van der Waals surface area contributed by atoms with Crippen LogP contribution in [0.3, 0.4) is 0 Å². The van der Waals surface area contributed by atoms with Gasteiger partial charge < -0.3 is 10.6 Å². The van der Waals surface area contributed by atoms with E-state index in [-0.39, 0.29) is 11.9 Å². The summed E-state index contributed by atoms with van der Waals surface area (Å²) in [6.07, 6.45) is 6.52. The molecule has 3 rings (SSSR count). The molecule has 2 aromatic heterocycles. The van der Waals surface area contributed by atoms with Gasteiger partial charge >= 0.3 is 0 Å². The molecule has 1 aliphatic rings. The molecule has 1 amide bonds. The minimum atomic E-state index is -0.121. The maximum Gasteiger partial charge on any atom is 0.241 e. The van der Waals surface area contributed by atoms with Crippen molar-refractivity contribution in [2.75, 3.05) is 11.9 Å². The third-order valence-electron chi connectivity index (χ3n) is 3.06. The highest BCUT2D eigenvalue weighted by Gasteiger charge is 2.22. The van der Waals surface area contributed by atoms with E-state index in [0.717, 1.165) is 19.4 Å². The van der Waals surface area contributed by atoms with Crippen molar-refractivity contribution in [3.8, 4) is 5.82 Å². The summed E-state index contributed by atoms with van der Waals surface area (Å²) >= 11 is 0. The summed E-state index contributed by atoms with van der Waals surface area (Å²) in [7, 11) is 0. The molecule has 0 aromatic carbocycles. The Labute approximate surface area is 110 Å². The van der Waals surface area contributed by atoms with Crippen molar-refractivity contribution in [2.45, 2.75) is 18.9 Å².